The molecule has 3 nitrogen and oxygen atoms in total. The number of rotatable bonds is 3. The van der Waals surface area contributed by atoms with Gasteiger partial charge in [-0.3, -0.25) is 0 Å². The topological polar surface area (TPSA) is 60.2 Å². The number of benzene rings is 1. The third-order valence-corrected chi connectivity index (χ3v) is 4.71. The van der Waals surface area contributed by atoms with Crippen molar-refractivity contribution in [2.75, 3.05) is 17.7 Å². The van der Waals surface area contributed by atoms with Crippen LogP contribution in [0.2, 0.25) is 0 Å². The highest BCUT2D eigenvalue weighted by Crippen LogP contribution is 2.44. The second kappa shape index (κ2) is 4.33. The van der Waals surface area contributed by atoms with Crippen molar-refractivity contribution in [3.05, 3.63) is 29.8 Å². The van der Waals surface area contributed by atoms with Crippen molar-refractivity contribution in [1.82, 2.24) is 0 Å². The SMILES string of the molecule is CS(=O)(=O)CC1(c2ccccc2N)CCCC1. The Hall–Kier alpha value is -1.03. The molecule has 0 spiro atoms. The van der Waals surface area contributed by atoms with Crippen LogP contribution in [-0.4, -0.2) is 20.4 Å². The molecule has 1 aliphatic carbocycles. The molecule has 0 unspecified atom stereocenters. The third kappa shape index (κ3) is 2.63. The molecule has 0 aliphatic heterocycles. The molecular weight excluding hydrogens is 234 g/mol. The van der Waals surface area contributed by atoms with Crippen LogP contribution in [-0.2, 0) is 15.3 Å². The fourth-order valence-corrected chi connectivity index (χ4v) is 4.47. The lowest BCUT2D eigenvalue weighted by atomic mass is 9.80. The van der Waals surface area contributed by atoms with Crippen LogP contribution in [0, 0.1) is 0 Å². The standard InChI is InChI=1S/C13H19NO2S/c1-17(15,16)10-13(8-4-5-9-13)11-6-2-3-7-12(11)14/h2-3,6-7H,4-5,8-10,14H2,1H3. The molecule has 0 aromatic heterocycles. The quantitative estimate of drug-likeness (QED) is 0.839. The molecule has 2 N–H and O–H groups in total. The Labute approximate surface area is 103 Å². The van der Waals surface area contributed by atoms with E-state index in [1.807, 2.05) is 24.3 Å². The first kappa shape index (κ1) is 12.4. The Bertz CT molecular complexity index is 502. The molecule has 0 radical (unpaired) electrons. The van der Waals surface area contributed by atoms with Crippen molar-refractivity contribution < 1.29 is 8.42 Å². The van der Waals surface area contributed by atoms with Gasteiger partial charge in [0.1, 0.15) is 9.84 Å². The van der Waals surface area contributed by atoms with Crippen LogP contribution in [0.3, 0.4) is 0 Å². The summed E-state index contributed by atoms with van der Waals surface area (Å²) in [5, 5.41) is 0. The predicted octanol–water partition coefficient (Wildman–Crippen LogP) is 2.13. The lowest BCUT2D eigenvalue weighted by Gasteiger charge is -2.30. The summed E-state index contributed by atoms with van der Waals surface area (Å²) in [7, 11) is -2.99. The first-order valence-corrected chi connectivity index (χ1v) is 8.02. The monoisotopic (exact) mass is 253 g/mol. The van der Waals surface area contributed by atoms with Crippen LogP contribution in [0.25, 0.3) is 0 Å². The number of nitrogens with two attached hydrogens (primary N) is 1. The van der Waals surface area contributed by atoms with Gasteiger partial charge in [0.2, 0.25) is 0 Å². The Morgan fingerprint density at radius 3 is 2.35 bits per heavy atom. The van der Waals surface area contributed by atoms with E-state index in [-0.39, 0.29) is 11.2 Å². The summed E-state index contributed by atoms with van der Waals surface area (Å²) in [4.78, 5) is 0. The summed E-state index contributed by atoms with van der Waals surface area (Å²) >= 11 is 0. The minimum atomic E-state index is -2.99. The molecule has 1 aliphatic rings. The molecule has 1 aromatic carbocycles. The summed E-state index contributed by atoms with van der Waals surface area (Å²) < 4.78 is 23.3. The van der Waals surface area contributed by atoms with Gasteiger partial charge in [-0.25, -0.2) is 8.42 Å². The zero-order valence-corrected chi connectivity index (χ0v) is 11.0. The molecule has 0 atom stereocenters. The zero-order valence-electron chi connectivity index (χ0n) is 10.1. The van der Waals surface area contributed by atoms with Gasteiger partial charge >= 0.3 is 0 Å². The summed E-state index contributed by atoms with van der Waals surface area (Å²) in [5.74, 6) is 0.216. The molecule has 0 heterocycles. The zero-order chi connectivity index (χ0) is 12.5. The molecule has 4 heteroatoms. The van der Waals surface area contributed by atoms with Gasteiger partial charge in [0.25, 0.3) is 0 Å². The highest BCUT2D eigenvalue weighted by molar-refractivity contribution is 7.90. The highest BCUT2D eigenvalue weighted by atomic mass is 32.2. The van der Waals surface area contributed by atoms with Crippen LogP contribution in [0.4, 0.5) is 5.69 Å². The summed E-state index contributed by atoms with van der Waals surface area (Å²) in [6.07, 6.45) is 5.34. The molecule has 2 rings (SSSR count). The van der Waals surface area contributed by atoms with Gasteiger partial charge in [-0.05, 0) is 24.5 Å². The molecule has 1 saturated carbocycles. The number of anilines is 1. The van der Waals surface area contributed by atoms with Crippen molar-refractivity contribution in [2.45, 2.75) is 31.1 Å². The molecule has 0 amide bonds. The third-order valence-electron chi connectivity index (χ3n) is 3.63. The van der Waals surface area contributed by atoms with Crippen molar-refractivity contribution >= 4 is 15.5 Å². The van der Waals surface area contributed by atoms with Crippen molar-refractivity contribution in [3.8, 4) is 0 Å². The van der Waals surface area contributed by atoms with E-state index in [1.165, 1.54) is 6.26 Å². The van der Waals surface area contributed by atoms with Crippen LogP contribution in [0.5, 0.6) is 0 Å². The smallest absolute Gasteiger partial charge is 0.148 e. The Morgan fingerprint density at radius 2 is 1.82 bits per heavy atom. The second-order valence-corrected chi connectivity index (χ2v) is 7.28. The summed E-state index contributed by atoms with van der Waals surface area (Å²) in [6, 6.07) is 7.67. The van der Waals surface area contributed by atoms with E-state index in [2.05, 4.69) is 0 Å². The first-order valence-electron chi connectivity index (χ1n) is 5.96. The Kier molecular flexibility index (Phi) is 3.17. The van der Waals surface area contributed by atoms with E-state index in [0.717, 1.165) is 36.9 Å². The minimum absolute atomic E-state index is 0.216. The Morgan fingerprint density at radius 1 is 1.24 bits per heavy atom. The van der Waals surface area contributed by atoms with Crippen molar-refractivity contribution in [1.29, 1.82) is 0 Å². The van der Waals surface area contributed by atoms with Gasteiger partial charge in [-0.2, -0.15) is 0 Å². The molecule has 1 fully saturated rings. The number of hydrogen-bond acceptors (Lipinski definition) is 3. The minimum Gasteiger partial charge on any atom is -0.398 e. The molecule has 94 valence electrons. The van der Waals surface area contributed by atoms with E-state index >= 15 is 0 Å². The molecule has 1 aromatic rings. The van der Waals surface area contributed by atoms with Gasteiger partial charge in [0.15, 0.2) is 0 Å². The number of hydrogen-bond donors (Lipinski definition) is 1. The second-order valence-electron chi connectivity index (χ2n) is 5.14. The fourth-order valence-electron chi connectivity index (χ4n) is 3.03. The summed E-state index contributed by atoms with van der Waals surface area (Å²) in [5.41, 5.74) is 7.50. The van der Waals surface area contributed by atoms with Crippen molar-refractivity contribution in [2.24, 2.45) is 0 Å². The van der Waals surface area contributed by atoms with Gasteiger partial charge in [0.05, 0.1) is 5.75 Å². The lowest BCUT2D eigenvalue weighted by molar-refractivity contribution is 0.485. The van der Waals surface area contributed by atoms with Crippen LogP contribution in [0.15, 0.2) is 24.3 Å². The van der Waals surface area contributed by atoms with Crippen LogP contribution < -0.4 is 5.73 Å². The van der Waals surface area contributed by atoms with Gasteiger partial charge in [-0.1, -0.05) is 31.0 Å². The number of sulfone groups is 1. The summed E-state index contributed by atoms with van der Waals surface area (Å²) in [6.45, 7) is 0. The average Bonchev–Trinajstić information content (AvgIpc) is 2.65. The van der Waals surface area contributed by atoms with E-state index in [9.17, 15) is 8.42 Å². The van der Waals surface area contributed by atoms with Crippen LogP contribution in [0.1, 0.15) is 31.2 Å². The van der Waals surface area contributed by atoms with E-state index in [4.69, 9.17) is 5.73 Å². The maximum Gasteiger partial charge on any atom is 0.148 e. The van der Waals surface area contributed by atoms with Crippen LogP contribution >= 0.6 is 0 Å². The average molecular weight is 253 g/mol. The fraction of sp³-hybridized carbons (Fsp3) is 0.538. The first-order chi connectivity index (χ1) is 7.93. The molecule has 17 heavy (non-hydrogen) atoms. The van der Waals surface area contributed by atoms with E-state index in [1.54, 1.807) is 0 Å². The van der Waals surface area contributed by atoms with Gasteiger partial charge in [-0.15, -0.1) is 0 Å². The number of para-hydroxylation sites is 1. The van der Waals surface area contributed by atoms with Gasteiger partial charge in [0, 0.05) is 17.4 Å². The van der Waals surface area contributed by atoms with Crippen molar-refractivity contribution in [3.63, 3.8) is 0 Å². The number of nitrogen functional groups attached to an aromatic ring is 1. The maximum absolute atomic E-state index is 11.6. The Balaban J connectivity index is 2.45. The van der Waals surface area contributed by atoms with E-state index < -0.39 is 9.84 Å². The largest absolute Gasteiger partial charge is 0.398 e. The lowest BCUT2D eigenvalue weighted by Crippen LogP contribution is -2.32. The highest BCUT2D eigenvalue weighted by Gasteiger charge is 2.39. The molecule has 0 bridgehead atoms. The molecule has 0 saturated heterocycles. The van der Waals surface area contributed by atoms with Gasteiger partial charge < -0.3 is 5.73 Å². The van der Waals surface area contributed by atoms with E-state index in [0.29, 0.717) is 0 Å². The predicted molar refractivity (Wildman–Crippen MR) is 70.7 cm³/mol. The maximum atomic E-state index is 11.6. The molecular formula is C13H19NO2S. The normalized spacial score (nSPS) is 19.4.